The SMILES string of the molecule is O=C(O)c1cc(CO)nc(CO)c1. The smallest absolute Gasteiger partial charge is 0.335 e. The summed E-state index contributed by atoms with van der Waals surface area (Å²) in [6, 6.07) is 2.53. The molecule has 1 rings (SSSR count). The Morgan fingerprint density at radius 3 is 2.00 bits per heavy atom. The van der Waals surface area contributed by atoms with Crippen molar-refractivity contribution in [2.24, 2.45) is 0 Å². The van der Waals surface area contributed by atoms with E-state index in [0.717, 1.165) is 0 Å². The maximum atomic E-state index is 10.5. The predicted octanol–water partition coefficient (Wildman–Crippen LogP) is -0.236. The van der Waals surface area contributed by atoms with Gasteiger partial charge in [0.2, 0.25) is 0 Å². The summed E-state index contributed by atoms with van der Waals surface area (Å²) in [5.41, 5.74) is 0.496. The third kappa shape index (κ3) is 2.24. The molecule has 1 aromatic heterocycles. The molecule has 0 fully saturated rings. The van der Waals surface area contributed by atoms with Crippen LogP contribution in [0.25, 0.3) is 0 Å². The van der Waals surface area contributed by atoms with E-state index in [4.69, 9.17) is 15.3 Å². The first kappa shape index (κ1) is 9.63. The maximum Gasteiger partial charge on any atom is 0.335 e. The van der Waals surface area contributed by atoms with Crippen LogP contribution in [0.3, 0.4) is 0 Å². The first-order valence-electron chi connectivity index (χ1n) is 3.62. The van der Waals surface area contributed by atoms with E-state index in [1.54, 1.807) is 0 Å². The molecule has 0 spiro atoms. The lowest BCUT2D eigenvalue weighted by Gasteiger charge is -2.01. The van der Waals surface area contributed by atoms with Gasteiger partial charge in [-0.1, -0.05) is 0 Å². The number of hydrogen-bond acceptors (Lipinski definition) is 4. The third-order valence-electron chi connectivity index (χ3n) is 1.50. The molecule has 5 nitrogen and oxygen atoms in total. The fourth-order valence-electron chi connectivity index (χ4n) is 0.935. The second-order valence-electron chi connectivity index (χ2n) is 2.46. The number of aromatic carboxylic acids is 1. The number of hydrogen-bond donors (Lipinski definition) is 3. The van der Waals surface area contributed by atoms with Crippen LogP contribution in [0.4, 0.5) is 0 Å². The van der Waals surface area contributed by atoms with Gasteiger partial charge in [0.15, 0.2) is 0 Å². The van der Waals surface area contributed by atoms with Crippen LogP contribution in [0.1, 0.15) is 21.7 Å². The largest absolute Gasteiger partial charge is 0.478 e. The van der Waals surface area contributed by atoms with Crippen LogP contribution in [0.5, 0.6) is 0 Å². The van der Waals surface area contributed by atoms with Gasteiger partial charge in [0.25, 0.3) is 0 Å². The summed E-state index contributed by atoms with van der Waals surface area (Å²) in [5, 5.41) is 26.1. The van der Waals surface area contributed by atoms with Crippen molar-refractivity contribution in [1.82, 2.24) is 4.98 Å². The van der Waals surface area contributed by atoms with Crippen molar-refractivity contribution in [3.8, 4) is 0 Å². The lowest BCUT2D eigenvalue weighted by Crippen LogP contribution is -2.03. The van der Waals surface area contributed by atoms with E-state index < -0.39 is 5.97 Å². The Balaban J connectivity index is 3.14. The fourth-order valence-corrected chi connectivity index (χ4v) is 0.935. The molecule has 1 aromatic rings. The molecule has 0 aromatic carbocycles. The van der Waals surface area contributed by atoms with Gasteiger partial charge < -0.3 is 15.3 Å². The monoisotopic (exact) mass is 183 g/mol. The zero-order valence-electron chi connectivity index (χ0n) is 6.77. The van der Waals surface area contributed by atoms with Crippen LogP contribution >= 0.6 is 0 Å². The summed E-state index contributed by atoms with van der Waals surface area (Å²) in [4.78, 5) is 14.3. The highest BCUT2D eigenvalue weighted by Crippen LogP contribution is 2.06. The molecule has 5 heteroatoms. The number of aromatic nitrogens is 1. The van der Waals surface area contributed by atoms with Gasteiger partial charge in [0.05, 0.1) is 30.2 Å². The molecule has 0 unspecified atom stereocenters. The number of carbonyl (C=O) groups is 1. The van der Waals surface area contributed by atoms with Gasteiger partial charge in [-0.05, 0) is 12.1 Å². The first-order valence-corrected chi connectivity index (χ1v) is 3.62. The molecule has 0 saturated heterocycles. The van der Waals surface area contributed by atoms with Crippen molar-refractivity contribution in [2.45, 2.75) is 13.2 Å². The summed E-state index contributed by atoms with van der Waals surface area (Å²) in [7, 11) is 0. The zero-order chi connectivity index (χ0) is 9.84. The highest BCUT2D eigenvalue weighted by molar-refractivity contribution is 5.87. The van der Waals surface area contributed by atoms with Gasteiger partial charge in [-0.2, -0.15) is 0 Å². The molecule has 3 N–H and O–H groups in total. The lowest BCUT2D eigenvalue weighted by atomic mass is 10.2. The Hall–Kier alpha value is -1.46. The number of rotatable bonds is 3. The summed E-state index contributed by atoms with van der Waals surface area (Å²) in [6.45, 7) is -0.678. The van der Waals surface area contributed by atoms with Crippen LogP contribution < -0.4 is 0 Å². The molecular formula is C8H9NO4. The average Bonchev–Trinajstić information content (AvgIpc) is 2.16. The molecule has 0 saturated carbocycles. The number of carboxylic acid groups (broad SMARTS) is 1. The number of nitrogens with zero attached hydrogens (tertiary/aromatic N) is 1. The molecule has 13 heavy (non-hydrogen) atoms. The number of aliphatic hydroxyl groups is 2. The first-order chi connectivity index (χ1) is 6.17. The highest BCUT2D eigenvalue weighted by Gasteiger charge is 2.06. The standard InChI is InChI=1S/C8H9NO4/c10-3-6-1-5(8(12)13)2-7(4-11)9-6/h1-2,10-11H,3-4H2,(H,12,13). The molecule has 1 heterocycles. The van der Waals surface area contributed by atoms with E-state index in [2.05, 4.69) is 4.98 Å². The van der Waals surface area contributed by atoms with E-state index in [0.29, 0.717) is 0 Å². The Kier molecular flexibility index (Phi) is 2.94. The van der Waals surface area contributed by atoms with Crippen molar-refractivity contribution in [3.05, 3.63) is 29.1 Å². The molecular weight excluding hydrogens is 174 g/mol. The zero-order valence-corrected chi connectivity index (χ0v) is 6.77. The van der Waals surface area contributed by atoms with Gasteiger partial charge in [0, 0.05) is 0 Å². The molecule has 0 atom stereocenters. The van der Waals surface area contributed by atoms with Crippen molar-refractivity contribution >= 4 is 5.97 Å². The van der Waals surface area contributed by atoms with Crippen LogP contribution in [0.2, 0.25) is 0 Å². The molecule has 70 valence electrons. The summed E-state index contributed by atoms with van der Waals surface area (Å²) in [5.74, 6) is -1.10. The van der Waals surface area contributed by atoms with E-state index in [1.165, 1.54) is 12.1 Å². The number of aliphatic hydroxyl groups excluding tert-OH is 2. The molecule has 0 bridgehead atoms. The van der Waals surface area contributed by atoms with Gasteiger partial charge >= 0.3 is 5.97 Å². The normalized spacial score (nSPS) is 10.0. The average molecular weight is 183 g/mol. The molecule has 0 amide bonds. The highest BCUT2D eigenvalue weighted by atomic mass is 16.4. The van der Waals surface area contributed by atoms with Gasteiger partial charge in [0.1, 0.15) is 0 Å². The quantitative estimate of drug-likeness (QED) is 0.601. The van der Waals surface area contributed by atoms with Crippen molar-refractivity contribution in [1.29, 1.82) is 0 Å². The molecule has 0 aliphatic rings. The predicted molar refractivity (Wildman–Crippen MR) is 43.0 cm³/mol. The Labute approximate surface area is 74.3 Å². The molecule has 0 aliphatic heterocycles. The van der Waals surface area contributed by atoms with E-state index in [1.807, 2.05) is 0 Å². The van der Waals surface area contributed by atoms with E-state index in [9.17, 15) is 4.79 Å². The Morgan fingerprint density at radius 1 is 1.23 bits per heavy atom. The molecule has 0 radical (unpaired) electrons. The van der Waals surface area contributed by atoms with E-state index >= 15 is 0 Å². The fraction of sp³-hybridized carbons (Fsp3) is 0.250. The van der Waals surface area contributed by atoms with Crippen molar-refractivity contribution in [3.63, 3.8) is 0 Å². The summed E-state index contributed by atoms with van der Waals surface area (Å²) >= 11 is 0. The van der Waals surface area contributed by atoms with Crippen molar-refractivity contribution in [2.75, 3.05) is 0 Å². The van der Waals surface area contributed by atoms with Gasteiger partial charge in [-0.15, -0.1) is 0 Å². The lowest BCUT2D eigenvalue weighted by molar-refractivity contribution is 0.0696. The third-order valence-corrected chi connectivity index (χ3v) is 1.50. The summed E-state index contributed by atoms with van der Waals surface area (Å²) in [6.07, 6.45) is 0. The number of carboxylic acids is 1. The second kappa shape index (κ2) is 3.97. The summed E-state index contributed by atoms with van der Waals surface area (Å²) < 4.78 is 0. The second-order valence-corrected chi connectivity index (χ2v) is 2.46. The van der Waals surface area contributed by atoms with Gasteiger partial charge in [-0.25, -0.2) is 4.79 Å². The molecule has 0 aliphatic carbocycles. The van der Waals surface area contributed by atoms with Crippen LogP contribution in [-0.4, -0.2) is 26.3 Å². The van der Waals surface area contributed by atoms with Gasteiger partial charge in [-0.3, -0.25) is 4.98 Å². The number of pyridine rings is 1. The Bertz CT molecular complexity index is 302. The maximum absolute atomic E-state index is 10.5. The Morgan fingerprint density at radius 2 is 1.69 bits per heavy atom. The minimum absolute atomic E-state index is 0.0168. The minimum Gasteiger partial charge on any atom is -0.478 e. The van der Waals surface area contributed by atoms with E-state index in [-0.39, 0.29) is 30.2 Å². The van der Waals surface area contributed by atoms with Crippen LogP contribution in [0.15, 0.2) is 12.1 Å². The minimum atomic E-state index is -1.10. The van der Waals surface area contributed by atoms with Crippen molar-refractivity contribution < 1.29 is 20.1 Å². The topological polar surface area (TPSA) is 90.7 Å². The van der Waals surface area contributed by atoms with Crippen LogP contribution in [-0.2, 0) is 13.2 Å². The van der Waals surface area contributed by atoms with Crippen LogP contribution in [0, 0.1) is 0 Å².